The SMILES string of the molecule is Cc1ccc(CN(C(=O)CN(c2cc(Cl)c(Cl)cc2Cl)S(C)(=O)=O)C(C)C(=O)NC2CCCC2)cc1. The van der Waals surface area contributed by atoms with Gasteiger partial charge < -0.3 is 10.2 Å². The van der Waals surface area contributed by atoms with Crippen molar-refractivity contribution in [1.29, 1.82) is 0 Å². The summed E-state index contributed by atoms with van der Waals surface area (Å²) in [6, 6.07) is 9.47. The number of halogens is 3. The van der Waals surface area contributed by atoms with E-state index >= 15 is 0 Å². The maximum Gasteiger partial charge on any atom is 0.244 e. The second kappa shape index (κ2) is 12.0. The Labute approximate surface area is 227 Å². The third-order valence-corrected chi connectivity index (χ3v) is 8.43. The van der Waals surface area contributed by atoms with Crippen molar-refractivity contribution in [3.8, 4) is 0 Å². The van der Waals surface area contributed by atoms with Crippen molar-refractivity contribution in [2.24, 2.45) is 0 Å². The van der Waals surface area contributed by atoms with Gasteiger partial charge in [0.25, 0.3) is 0 Å². The number of benzene rings is 2. The van der Waals surface area contributed by atoms with E-state index in [-0.39, 0.29) is 39.2 Å². The predicted molar refractivity (Wildman–Crippen MR) is 145 cm³/mol. The van der Waals surface area contributed by atoms with Crippen LogP contribution in [0.15, 0.2) is 36.4 Å². The summed E-state index contributed by atoms with van der Waals surface area (Å²) < 4.78 is 26.3. The number of nitrogens with zero attached hydrogens (tertiary/aromatic N) is 2. The Bertz CT molecular complexity index is 1220. The van der Waals surface area contributed by atoms with Crippen LogP contribution in [-0.4, -0.2) is 50.0 Å². The van der Waals surface area contributed by atoms with Crippen LogP contribution >= 0.6 is 34.8 Å². The van der Waals surface area contributed by atoms with Crippen LogP contribution in [0.5, 0.6) is 0 Å². The third-order valence-electron chi connectivity index (χ3n) is 6.28. The van der Waals surface area contributed by atoms with E-state index in [4.69, 9.17) is 34.8 Å². The topological polar surface area (TPSA) is 86.8 Å². The Balaban J connectivity index is 1.92. The van der Waals surface area contributed by atoms with Gasteiger partial charge in [0.15, 0.2) is 0 Å². The van der Waals surface area contributed by atoms with Crippen LogP contribution in [0.25, 0.3) is 0 Å². The van der Waals surface area contributed by atoms with Crippen LogP contribution in [0.4, 0.5) is 5.69 Å². The van der Waals surface area contributed by atoms with Gasteiger partial charge in [-0.2, -0.15) is 0 Å². The largest absolute Gasteiger partial charge is 0.352 e. The first-order valence-electron chi connectivity index (χ1n) is 11.6. The molecule has 2 aromatic carbocycles. The minimum absolute atomic E-state index is 0.0275. The lowest BCUT2D eigenvalue weighted by Crippen LogP contribution is -2.52. The molecule has 1 atom stereocenters. The van der Waals surface area contributed by atoms with Crippen molar-refractivity contribution < 1.29 is 18.0 Å². The summed E-state index contributed by atoms with van der Waals surface area (Å²) in [5, 5.41) is 3.31. The van der Waals surface area contributed by atoms with E-state index in [2.05, 4.69) is 5.32 Å². The molecule has 0 saturated heterocycles. The molecule has 0 bridgehead atoms. The quantitative estimate of drug-likeness (QED) is 0.417. The van der Waals surface area contributed by atoms with Crippen LogP contribution in [0.3, 0.4) is 0 Å². The van der Waals surface area contributed by atoms with E-state index < -0.39 is 28.5 Å². The summed E-state index contributed by atoms with van der Waals surface area (Å²) in [6.07, 6.45) is 4.89. The summed E-state index contributed by atoms with van der Waals surface area (Å²) in [6.45, 7) is 3.16. The van der Waals surface area contributed by atoms with Crippen molar-refractivity contribution in [1.82, 2.24) is 10.2 Å². The molecule has 11 heteroatoms. The number of aryl methyl sites for hydroxylation is 1. The molecule has 1 fully saturated rings. The van der Waals surface area contributed by atoms with Gasteiger partial charge in [-0.3, -0.25) is 13.9 Å². The summed E-state index contributed by atoms with van der Waals surface area (Å²) in [5.74, 6) is -0.835. The maximum absolute atomic E-state index is 13.6. The smallest absolute Gasteiger partial charge is 0.244 e. The van der Waals surface area contributed by atoms with Crippen LogP contribution < -0.4 is 9.62 Å². The van der Waals surface area contributed by atoms with Crippen LogP contribution in [0.1, 0.15) is 43.7 Å². The van der Waals surface area contributed by atoms with Gasteiger partial charge in [0.1, 0.15) is 12.6 Å². The van der Waals surface area contributed by atoms with Crippen LogP contribution in [-0.2, 0) is 26.2 Å². The molecule has 2 aromatic rings. The summed E-state index contributed by atoms with van der Waals surface area (Å²) in [5.41, 5.74) is 1.90. The zero-order chi connectivity index (χ0) is 26.6. The number of hydrogen-bond donors (Lipinski definition) is 1. The molecule has 36 heavy (non-hydrogen) atoms. The average molecular weight is 575 g/mol. The number of anilines is 1. The van der Waals surface area contributed by atoms with Crippen molar-refractivity contribution in [3.05, 3.63) is 62.6 Å². The van der Waals surface area contributed by atoms with Gasteiger partial charge in [0, 0.05) is 12.6 Å². The summed E-state index contributed by atoms with van der Waals surface area (Å²) >= 11 is 18.4. The van der Waals surface area contributed by atoms with Crippen molar-refractivity contribution in [2.45, 2.75) is 58.2 Å². The predicted octanol–water partition coefficient (Wildman–Crippen LogP) is 5.20. The van der Waals surface area contributed by atoms with E-state index in [1.807, 2.05) is 31.2 Å². The van der Waals surface area contributed by atoms with Crippen LogP contribution in [0.2, 0.25) is 15.1 Å². The van der Waals surface area contributed by atoms with Crippen molar-refractivity contribution in [2.75, 3.05) is 17.1 Å². The van der Waals surface area contributed by atoms with Gasteiger partial charge in [0.2, 0.25) is 21.8 Å². The van der Waals surface area contributed by atoms with E-state index in [0.717, 1.165) is 47.4 Å². The van der Waals surface area contributed by atoms with Crippen LogP contribution in [0, 0.1) is 6.92 Å². The summed E-state index contributed by atoms with van der Waals surface area (Å²) in [7, 11) is -3.94. The number of hydrogen-bond acceptors (Lipinski definition) is 4. The minimum Gasteiger partial charge on any atom is -0.352 e. The van der Waals surface area contributed by atoms with Gasteiger partial charge in [-0.1, -0.05) is 77.5 Å². The lowest BCUT2D eigenvalue weighted by molar-refractivity contribution is -0.139. The van der Waals surface area contributed by atoms with Crippen molar-refractivity contribution >= 4 is 62.3 Å². The summed E-state index contributed by atoms with van der Waals surface area (Å²) in [4.78, 5) is 28.1. The standard InChI is InChI=1S/C25H30Cl3N3O4S/c1-16-8-10-18(11-9-16)14-30(17(2)25(33)29-19-6-4-5-7-19)24(32)15-31(36(3,34)35)23-13-21(27)20(26)12-22(23)28/h8-13,17,19H,4-7,14-15H2,1-3H3,(H,29,33). The Hall–Kier alpha value is -2.00. The number of sulfonamides is 1. The second-order valence-electron chi connectivity index (χ2n) is 9.16. The van der Waals surface area contributed by atoms with E-state index in [9.17, 15) is 18.0 Å². The molecule has 7 nitrogen and oxygen atoms in total. The molecule has 1 saturated carbocycles. The fourth-order valence-electron chi connectivity index (χ4n) is 4.16. The van der Waals surface area contributed by atoms with Gasteiger partial charge in [-0.25, -0.2) is 8.42 Å². The molecule has 0 heterocycles. The second-order valence-corrected chi connectivity index (χ2v) is 12.3. The number of rotatable bonds is 9. The van der Waals surface area contributed by atoms with Crippen molar-refractivity contribution in [3.63, 3.8) is 0 Å². The molecule has 1 unspecified atom stereocenters. The molecule has 1 aliphatic carbocycles. The highest BCUT2D eigenvalue weighted by Gasteiger charge is 2.32. The van der Waals surface area contributed by atoms with E-state index in [1.165, 1.54) is 17.0 Å². The number of nitrogens with one attached hydrogen (secondary N) is 1. The highest BCUT2D eigenvalue weighted by molar-refractivity contribution is 7.92. The average Bonchev–Trinajstić information content (AvgIpc) is 3.31. The molecule has 0 spiro atoms. The molecule has 0 radical (unpaired) electrons. The fraction of sp³-hybridized carbons (Fsp3) is 0.440. The van der Waals surface area contributed by atoms with Gasteiger partial charge in [-0.05, 0) is 44.4 Å². The molecule has 1 aliphatic rings. The zero-order valence-corrected chi connectivity index (χ0v) is 23.5. The number of carbonyl (C=O) groups is 2. The molecular weight excluding hydrogens is 545 g/mol. The first-order chi connectivity index (χ1) is 16.9. The highest BCUT2D eigenvalue weighted by atomic mass is 35.5. The Kier molecular flexibility index (Phi) is 9.55. The lowest BCUT2D eigenvalue weighted by Gasteiger charge is -2.32. The van der Waals surface area contributed by atoms with E-state index in [1.54, 1.807) is 6.92 Å². The highest BCUT2D eigenvalue weighted by Crippen LogP contribution is 2.35. The zero-order valence-electron chi connectivity index (χ0n) is 20.4. The monoisotopic (exact) mass is 573 g/mol. The first-order valence-corrected chi connectivity index (χ1v) is 14.6. The molecule has 196 valence electrons. The molecule has 2 amide bonds. The normalized spacial score (nSPS) is 14.9. The van der Waals surface area contributed by atoms with Gasteiger partial charge in [-0.15, -0.1) is 0 Å². The Morgan fingerprint density at radius 2 is 1.61 bits per heavy atom. The molecule has 1 N–H and O–H groups in total. The van der Waals surface area contributed by atoms with E-state index in [0.29, 0.717) is 0 Å². The Morgan fingerprint density at radius 1 is 1.03 bits per heavy atom. The maximum atomic E-state index is 13.6. The number of carbonyl (C=O) groups excluding carboxylic acids is 2. The molecule has 3 rings (SSSR count). The minimum atomic E-state index is -3.94. The number of amides is 2. The molecule has 0 aromatic heterocycles. The first kappa shape index (κ1) is 28.6. The Morgan fingerprint density at radius 3 is 2.19 bits per heavy atom. The fourth-order valence-corrected chi connectivity index (χ4v) is 5.71. The van der Waals surface area contributed by atoms with Gasteiger partial charge in [0.05, 0.1) is 27.0 Å². The molecule has 0 aliphatic heterocycles. The molecular formula is C25H30Cl3N3O4S. The van der Waals surface area contributed by atoms with Gasteiger partial charge >= 0.3 is 0 Å². The third kappa shape index (κ3) is 7.28. The lowest BCUT2D eigenvalue weighted by atomic mass is 10.1.